The van der Waals surface area contributed by atoms with Gasteiger partial charge in [-0.05, 0) is 137 Å². The normalized spacial score (nSPS) is 29.8. The first-order valence-corrected chi connectivity index (χ1v) is 47.0. The first-order chi connectivity index (χ1) is 67.8. The van der Waals surface area contributed by atoms with Crippen LogP contribution in [-0.4, -0.2) is 259 Å². The Morgan fingerprint density at radius 3 is 0.944 bits per heavy atom. The molecule has 8 N–H and O–H groups in total. The van der Waals surface area contributed by atoms with E-state index in [-0.39, 0.29) is 81.7 Å². The van der Waals surface area contributed by atoms with Crippen LogP contribution < -0.4 is 10.6 Å². The van der Waals surface area contributed by atoms with E-state index >= 15 is 19.2 Å². The Bertz CT molecular complexity index is 5630. The minimum absolute atomic E-state index is 0.0133. The zero-order valence-corrected chi connectivity index (χ0v) is 82.0. The largest absolute Gasteiger partial charge is 0.455 e. The van der Waals surface area contributed by atoms with Gasteiger partial charge in [0.05, 0.1) is 59.2 Å². The summed E-state index contributed by atoms with van der Waals surface area (Å²) in [6.45, 7) is 19.8. The zero-order valence-electron chi connectivity index (χ0n) is 82.0. The SMILES string of the molecule is CC(=O)O[C@H]1C(=O)[C@@]2(C)C([C@H](OC(=O)c3ccccc3)[C@]3(O)C[C@H](OC(=O)[C@H](OC(=O)[C@@H](C)OC(=O)[C@@H](C)O)C(NC(=O)c4ccccc4)c4ccccc4)C(C)=C1C3(C)C)[C@]1(OC(C)=O)CO[C@@H]1C[C@@H]2O.CC(=O)O[C@H]1C(=O)[C@@]2(C)C([C@H](OC(=O)c3ccccc3)[C@]3(O)C[C@H](OC(=O)[C@H](OC(=O)[C@H](C)OC(=O)[C@H](C)O)C(NC(=O)c4ccccc4)c4ccccc4)C(C)=C1C3(C)C)[C@]1(OC(C)=O)CO[C@@H]1C[C@@H]2O. The predicted molar refractivity (Wildman–Crippen MR) is 498 cm³/mol. The maximum atomic E-state index is 15.7. The standard InChI is InChI=1S/2C53H59NO18/c2*1-27-35(69-49(64)41(70-47(62)29(3)67-46(61)28(2)55)39(32-18-12-9-13-19-32)54-45(60)33-20-14-10-15-21-33)25-53(65)44(71-48(63)34-22-16-11-17-23-34)42-51(8,36(58)24-37-52(42,26-66-37)72-31(5)57)43(59)40(68-30(4)56)38(27)50(53,6)7/h2*9-23,28-29,35-37,39-42,44,55,58,65H,24-26H2,1-8H3,(H,54,60)/t28-,29-,35+,36+,37-,39?,40-,41-,42?,44+,51-,52+,53-;28-,29-,35-,36-,37+,39?,40+,41+,42?,44-,51+,52-,53+/m10/s1. The van der Waals surface area contributed by atoms with Gasteiger partial charge in [0, 0.05) is 75.3 Å². The molecule has 4 bridgehead atoms. The molecule has 38 nitrogen and oxygen atoms in total. The van der Waals surface area contributed by atoms with E-state index in [2.05, 4.69) is 10.6 Å². The number of carbonyl (C=O) groups is 16. The Balaban J connectivity index is 0.000000241. The number of carbonyl (C=O) groups excluding carboxylic acids is 16. The van der Waals surface area contributed by atoms with Crippen LogP contribution in [0.15, 0.2) is 204 Å². The van der Waals surface area contributed by atoms with Crippen molar-refractivity contribution in [2.75, 3.05) is 13.2 Å². The fourth-order valence-corrected chi connectivity index (χ4v) is 21.7. The third-order valence-corrected chi connectivity index (χ3v) is 29.3. The first kappa shape index (κ1) is 108. The fourth-order valence-electron chi connectivity index (χ4n) is 21.7. The average Bonchev–Trinajstić information content (AvgIpc) is 0.669. The molecule has 4 saturated carbocycles. The molecule has 26 atom stereocenters. The predicted octanol–water partition coefficient (Wildman–Crippen LogP) is 7.20. The van der Waals surface area contributed by atoms with E-state index in [4.69, 9.17) is 66.3 Å². The van der Waals surface area contributed by atoms with Gasteiger partial charge in [0.2, 0.25) is 12.2 Å². The van der Waals surface area contributed by atoms with Crippen molar-refractivity contribution in [3.8, 4) is 0 Å². The lowest BCUT2D eigenvalue weighted by atomic mass is 9.44. The molecular weight excluding hydrogens is 1880 g/mol. The number of fused-ring (bicyclic) bond motifs is 10. The van der Waals surface area contributed by atoms with Crippen LogP contribution in [0.1, 0.15) is 201 Å². The summed E-state index contributed by atoms with van der Waals surface area (Å²) in [5.41, 5.74) is -15.9. The second-order valence-electron chi connectivity index (χ2n) is 39.0. The highest BCUT2D eigenvalue weighted by atomic mass is 16.7. The quantitative estimate of drug-likeness (QED) is 0.0137. The van der Waals surface area contributed by atoms with Crippen LogP contribution in [0.4, 0.5) is 0 Å². The number of esters is 12. The molecule has 4 unspecified atom stereocenters. The van der Waals surface area contributed by atoms with Gasteiger partial charge in [-0.3, -0.25) is 38.4 Å². The molecular formula is C106H118N2O36. The summed E-state index contributed by atoms with van der Waals surface area (Å²) >= 11 is 0. The summed E-state index contributed by atoms with van der Waals surface area (Å²) in [4.78, 5) is 224. The molecule has 0 radical (unpaired) electrons. The van der Waals surface area contributed by atoms with Crippen molar-refractivity contribution in [3.05, 3.63) is 238 Å². The van der Waals surface area contributed by atoms with E-state index in [1.165, 1.54) is 128 Å². The summed E-state index contributed by atoms with van der Waals surface area (Å²) in [5.74, 6) is -19.8. The van der Waals surface area contributed by atoms with Crippen LogP contribution in [0, 0.1) is 33.5 Å². The molecule has 144 heavy (non-hydrogen) atoms. The highest BCUT2D eigenvalue weighted by Crippen LogP contribution is 2.67. The fraction of sp³-hybridized carbons (Fsp3) is 0.472. The van der Waals surface area contributed by atoms with Crippen molar-refractivity contribution >= 4 is 95.0 Å². The Hall–Kier alpha value is -13.6. The highest BCUT2D eigenvalue weighted by Gasteiger charge is 2.81. The van der Waals surface area contributed by atoms with E-state index in [1.54, 1.807) is 109 Å². The number of ketones is 2. The lowest BCUT2D eigenvalue weighted by Crippen LogP contribution is -2.82. The van der Waals surface area contributed by atoms with Gasteiger partial charge in [-0.25, -0.2) is 38.4 Å². The molecule has 38 heteroatoms. The number of Topliss-reactive ketones (excluding diaryl/α,β-unsaturated/α-hetero) is 2. The number of aliphatic hydroxyl groups is 6. The van der Waals surface area contributed by atoms with Crippen LogP contribution in [0.2, 0.25) is 0 Å². The second-order valence-corrected chi connectivity index (χ2v) is 39.0. The minimum Gasteiger partial charge on any atom is -0.455 e. The van der Waals surface area contributed by atoms with Crippen molar-refractivity contribution in [1.82, 2.24) is 10.6 Å². The minimum atomic E-state index is -2.52. The maximum absolute atomic E-state index is 15.7. The molecule has 0 aromatic heterocycles. The number of nitrogens with one attached hydrogen (secondary N) is 2. The lowest BCUT2D eigenvalue weighted by molar-refractivity contribution is -0.346. The molecule has 8 aliphatic rings. The zero-order chi connectivity index (χ0) is 105. The monoisotopic (exact) mass is 1990 g/mol. The summed E-state index contributed by atoms with van der Waals surface area (Å²) in [5, 5.41) is 77.4. The maximum Gasteiger partial charge on any atom is 0.350 e. The van der Waals surface area contributed by atoms with Crippen LogP contribution in [0.3, 0.4) is 0 Å². The van der Waals surface area contributed by atoms with E-state index in [9.17, 15) is 88.2 Å². The van der Waals surface area contributed by atoms with Gasteiger partial charge in [-0.15, -0.1) is 0 Å². The smallest absolute Gasteiger partial charge is 0.350 e. The summed E-state index contributed by atoms with van der Waals surface area (Å²) < 4.78 is 83.2. The summed E-state index contributed by atoms with van der Waals surface area (Å²) in [6.07, 6.45) is -29.4. The van der Waals surface area contributed by atoms with Crippen LogP contribution in [0.25, 0.3) is 0 Å². The third kappa shape index (κ3) is 20.3. The molecule has 2 saturated heterocycles. The number of ether oxygens (including phenoxy) is 14. The van der Waals surface area contributed by atoms with E-state index in [1.807, 2.05) is 0 Å². The number of rotatable bonds is 28. The Kier molecular flexibility index (Phi) is 31.7. The van der Waals surface area contributed by atoms with E-state index in [0.29, 0.717) is 0 Å². The van der Waals surface area contributed by atoms with E-state index in [0.717, 1.165) is 55.4 Å². The molecule has 2 heterocycles. The van der Waals surface area contributed by atoms with Crippen molar-refractivity contribution in [2.24, 2.45) is 33.5 Å². The molecule has 2 amide bonds. The van der Waals surface area contributed by atoms with Gasteiger partial charge in [-0.2, -0.15) is 0 Å². The number of hydrogen-bond acceptors (Lipinski definition) is 36. The lowest BCUT2D eigenvalue weighted by Gasteiger charge is -2.67. The molecule has 6 fully saturated rings. The van der Waals surface area contributed by atoms with Gasteiger partial charge in [0.25, 0.3) is 11.8 Å². The van der Waals surface area contributed by atoms with Crippen molar-refractivity contribution < 1.29 is 174 Å². The number of amides is 2. The van der Waals surface area contributed by atoms with Crippen LogP contribution in [0.5, 0.6) is 0 Å². The third-order valence-electron chi connectivity index (χ3n) is 29.3. The van der Waals surface area contributed by atoms with Gasteiger partial charge in [0.1, 0.15) is 72.1 Å². The van der Waals surface area contributed by atoms with Gasteiger partial charge >= 0.3 is 71.6 Å². The molecule has 14 rings (SSSR count). The number of hydrogen-bond donors (Lipinski definition) is 8. The molecule has 0 spiro atoms. The topological polar surface area (TPSA) is 548 Å². The van der Waals surface area contributed by atoms with Gasteiger partial charge in [-0.1, -0.05) is 161 Å². The molecule has 6 aromatic carbocycles. The molecule has 2 aliphatic heterocycles. The molecule has 768 valence electrons. The number of aliphatic hydroxyl groups excluding tert-OH is 4. The molecule has 6 aromatic rings. The highest BCUT2D eigenvalue weighted by molar-refractivity contribution is 5.99. The van der Waals surface area contributed by atoms with Crippen LogP contribution in [-0.2, 0) is 124 Å². The van der Waals surface area contributed by atoms with Gasteiger partial charge < -0.3 is 108 Å². The summed E-state index contributed by atoms with van der Waals surface area (Å²) in [7, 11) is 0. The Morgan fingerprint density at radius 1 is 0.382 bits per heavy atom. The molecule has 6 aliphatic carbocycles. The van der Waals surface area contributed by atoms with Crippen LogP contribution >= 0.6 is 0 Å². The van der Waals surface area contributed by atoms with Crippen molar-refractivity contribution in [2.45, 2.75) is 269 Å². The Labute approximate surface area is 828 Å². The average molecular weight is 2000 g/mol. The van der Waals surface area contributed by atoms with E-state index < -0.39 is 274 Å². The second kappa shape index (κ2) is 42.4. The van der Waals surface area contributed by atoms with Crippen molar-refractivity contribution in [3.63, 3.8) is 0 Å². The number of benzene rings is 6. The summed E-state index contributed by atoms with van der Waals surface area (Å²) in [6, 6.07) is 43.8. The Morgan fingerprint density at radius 2 is 0.674 bits per heavy atom. The van der Waals surface area contributed by atoms with Crippen molar-refractivity contribution in [1.29, 1.82) is 0 Å². The first-order valence-electron chi connectivity index (χ1n) is 47.0. The van der Waals surface area contributed by atoms with Gasteiger partial charge in [0.15, 0.2) is 47.2 Å².